The number of hydrogen-bond acceptors (Lipinski definition) is 2. The third-order valence-electron chi connectivity index (χ3n) is 3.78. The van der Waals surface area contributed by atoms with Crippen molar-refractivity contribution in [2.75, 3.05) is 19.7 Å². The molecule has 1 atom stereocenters. The fraction of sp³-hybridized carbons (Fsp3) is 1.00. The molecule has 78 valence electrons. The summed E-state index contributed by atoms with van der Waals surface area (Å²) < 4.78 is 0. The summed E-state index contributed by atoms with van der Waals surface area (Å²) >= 11 is 0. The van der Waals surface area contributed by atoms with Crippen LogP contribution in [0.5, 0.6) is 0 Å². The molecule has 0 spiro atoms. The number of hydrogen-bond donors (Lipinski definition) is 1. The van der Waals surface area contributed by atoms with Gasteiger partial charge in [0, 0.05) is 19.1 Å². The largest absolute Gasteiger partial charge is 0.395 e. The molecule has 0 amide bonds. The van der Waals surface area contributed by atoms with Gasteiger partial charge in [0.05, 0.1) is 6.61 Å². The monoisotopic (exact) mass is 185 g/mol. The lowest BCUT2D eigenvalue weighted by atomic mass is 9.74. The van der Waals surface area contributed by atoms with Crippen LogP contribution < -0.4 is 0 Å². The Hall–Kier alpha value is -0.0800. The average molecular weight is 185 g/mol. The fourth-order valence-corrected chi connectivity index (χ4v) is 2.27. The van der Waals surface area contributed by atoms with Gasteiger partial charge in [0.25, 0.3) is 0 Å². The highest BCUT2D eigenvalue weighted by Gasteiger charge is 2.41. The molecular formula is C11H23NO. The Kier molecular flexibility index (Phi) is 3.74. The highest BCUT2D eigenvalue weighted by Crippen LogP contribution is 2.38. The lowest BCUT2D eigenvalue weighted by Crippen LogP contribution is -2.60. The minimum absolute atomic E-state index is 0.319. The number of likely N-dealkylation sites (tertiary alicyclic amines) is 1. The summed E-state index contributed by atoms with van der Waals surface area (Å²) in [5.74, 6) is 0. The van der Waals surface area contributed by atoms with Gasteiger partial charge in [0.15, 0.2) is 0 Å². The van der Waals surface area contributed by atoms with E-state index >= 15 is 0 Å². The van der Waals surface area contributed by atoms with Gasteiger partial charge < -0.3 is 5.11 Å². The van der Waals surface area contributed by atoms with Crippen LogP contribution in [-0.4, -0.2) is 35.7 Å². The van der Waals surface area contributed by atoms with E-state index in [1.54, 1.807) is 0 Å². The van der Waals surface area contributed by atoms with Crippen molar-refractivity contribution in [3.05, 3.63) is 0 Å². The van der Waals surface area contributed by atoms with E-state index in [4.69, 9.17) is 5.11 Å². The molecule has 0 aromatic rings. The first kappa shape index (κ1) is 11.0. The van der Waals surface area contributed by atoms with Crippen LogP contribution in [0.4, 0.5) is 0 Å². The molecule has 1 heterocycles. The molecule has 1 saturated heterocycles. The molecule has 0 saturated carbocycles. The molecule has 1 aliphatic rings. The number of aliphatic hydroxyl groups excluding tert-OH is 1. The maximum atomic E-state index is 9.14. The van der Waals surface area contributed by atoms with Crippen LogP contribution in [-0.2, 0) is 0 Å². The van der Waals surface area contributed by atoms with Gasteiger partial charge >= 0.3 is 0 Å². The lowest BCUT2D eigenvalue weighted by Gasteiger charge is -2.52. The van der Waals surface area contributed by atoms with Gasteiger partial charge in [0.2, 0.25) is 0 Å². The molecule has 0 aliphatic carbocycles. The van der Waals surface area contributed by atoms with Crippen molar-refractivity contribution in [2.45, 2.75) is 46.1 Å². The van der Waals surface area contributed by atoms with Gasteiger partial charge in [-0.15, -0.1) is 0 Å². The average Bonchev–Trinajstić information content (AvgIpc) is 2.11. The number of rotatable bonds is 5. The van der Waals surface area contributed by atoms with E-state index in [9.17, 15) is 0 Å². The Morgan fingerprint density at radius 2 is 1.77 bits per heavy atom. The third kappa shape index (κ3) is 2.05. The molecule has 1 unspecified atom stereocenters. The number of aliphatic hydroxyl groups is 1. The summed E-state index contributed by atoms with van der Waals surface area (Å²) in [6.07, 6.45) is 3.63. The summed E-state index contributed by atoms with van der Waals surface area (Å²) in [5, 5.41) is 9.14. The molecule has 13 heavy (non-hydrogen) atoms. The molecule has 1 fully saturated rings. The molecule has 0 aromatic carbocycles. The van der Waals surface area contributed by atoms with Gasteiger partial charge in [-0.25, -0.2) is 0 Å². The van der Waals surface area contributed by atoms with Gasteiger partial charge in [-0.1, -0.05) is 20.8 Å². The van der Waals surface area contributed by atoms with Gasteiger partial charge in [-0.2, -0.15) is 0 Å². The Morgan fingerprint density at radius 3 is 2.08 bits per heavy atom. The van der Waals surface area contributed by atoms with E-state index in [1.807, 2.05) is 0 Å². The SMILES string of the molecule is CCC(CO)N1CC(CC)(CC)C1. The Morgan fingerprint density at radius 1 is 1.23 bits per heavy atom. The predicted octanol–water partition coefficient (Wildman–Crippen LogP) is 1.88. The minimum Gasteiger partial charge on any atom is -0.395 e. The fourth-order valence-electron chi connectivity index (χ4n) is 2.27. The second-order valence-corrected chi connectivity index (χ2v) is 4.36. The van der Waals surface area contributed by atoms with Crippen molar-refractivity contribution in [3.8, 4) is 0 Å². The lowest BCUT2D eigenvalue weighted by molar-refractivity contribution is -0.0515. The van der Waals surface area contributed by atoms with Crippen LogP contribution in [0, 0.1) is 5.41 Å². The van der Waals surface area contributed by atoms with Crippen LogP contribution in [0.2, 0.25) is 0 Å². The second-order valence-electron chi connectivity index (χ2n) is 4.36. The molecule has 1 N–H and O–H groups in total. The molecule has 1 aliphatic heterocycles. The first-order valence-electron chi connectivity index (χ1n) is 5.56. The van der Waals surface area contributed by atoms with E-state index in [-0.39, 0.29) is 0 Å². The standard InChI is InChI=1S/C11H23NO/c1-4-10(7-13)12-8-11(5-2,6-3)9-12/h10,13H,4-9H2,1-3H3. The minimum atomic E-state index is 0.319. The Labute approximate surface area is 81.9 Å². The summed E-state index contributed by atoms with van der Waals surface area (Å²) in [5.41, 5.74) is 0.572. The molecule has 0 bridgehead atoms. The molecule has 1 rings (SSSR count). The zero-order chi connectivity index (χ0) is 9.90. The number of nitrogens with zero attached hydrogens (tertiary/aromatic N) is 1. The first-order valence-corrected chi connectivity index (χ1v) is 5.56. The molecule has 0 aromatic heterocycles. The molecule has 0 radical (unpaired) electrons. The third-order valence-corrected chi connectivity index (χ3v) is 3.78. The summed E-state index contributed by atoms with van der Waals surface area (Å²) in [6, 6.07) is 0.409. The van der Waals surface area contributed by atoms with Crippen molar-refractivity contribution in [2.24, 2.45) is 5.41 Å². The topological polar surface area (TPSA) is 23.5 Å². The van der Waals surface area contributed by atoms with E-state index in [0.717, 1.165) is 6.42 Å². The summed E-state index contributed by atoms with van der Waals surface area (Å²) in [6.45, 7) is 9.42. The van der Waals surface area contributed by atoms with Gasteiger partial charge in [-0.3, -0.25) is 4.90 Å². The smallest absolute Gasteiger partial charge is 0.0586 e. The van der Waals surface area contributed by atoms with Crippen molar-refractivity contribution < 1.29 is 5.11 Å². The van der Waals surface area contributed by atoms with Crippen LogP contribution in [0.25, 0.3) is 0 Å². The van der Waals surface area contributed by atoms with Crippen molar-refractivity contribution >= 4 is 0 Å². The Balaban J connectivity index is 2.38. The summed E-state index contributed by atoms with van der Waals surface area (Å²) in [4.78, 5) is 2.42. The second kappa shape index (κ2) is 4.43. The van der Waals surface area contributed by atoms with E-state index in [2.05, 4.69) is 25.7 Å². The molecule has 2 heteroatoms. The normalized spacial score (nSPS) is 24.0. The zero-order valence-corrected chi connectivity index (χ0v) is 9.21. The van der Waals surface area contributed by atoms with Crippen LogP contribution in [0.1, 0.15) is 40.0 Å². The van der Waals surface area contributed by atoms with Crippen molar-refractivity contribution in [1.29, 1.82) is 0 Å². The maximum absolute atomic E-state index is 9.14. The quantitative estimate of drug-likeness (QED) is 0.707. The first-order chi connectivity index (χ1) is 6.21. The zero-order valence-electron chi connectivity index (χ0n) is 9.21. The summed E-state index contributed by atoms with van der Waals surface area (Å²) in [7, 11) is 0. The molecule has 2 nitrogen and oxygen atoms in total. The maximum Gasteiger partial charge on any atom is 0.0586 e. The van der Waals surface area contributed by atoms with Crippen molar-refractivity contribution in [3.63, 3.8) is 0 Å². The van der Waals surface area contributed by atoms with Gasteiger partial charge in [0.1, 0.15) is 0 Å². The van der Waals surface area contributed by atoms with Crippen LogP contribution in [0.3, 0.4) is 0 Å². The highest BCUT2D eigenvalue weighted by molar-refractivity contribution is 4.95. The van der Waals surface area contributed by atoms with E-state index < -0.39 is 0 Å². The molecular weight excluding hydrogens is 162 g/mol. The van der Waals surface area contributed by atoms with E-state index in [1.165, 1.54) is 25.9 Å². The van der Waals surface area contributed by atoms with Crippen LogP contribution >= 0.6 is 0 Å². The highest BCUT2D eigenvalue weighted by atomic mass is 16.3. The van der Waals surface area contributed by atoms with Crippen molar-refractivity contribution in [1.82, 2.24) is 4.90 Å². The van der Waals surface area contributed by atoms with E-state index in [0.29, 0.717) is 18.1 Å². The Bertz CT molecular complexity index is 142. The van der Waals surface area contributed by atoms with Gasteiger partial charge in [-0.05, 0) is 24.7 Å². The van der Waals surface area contributed by atoms with Crippen LogP contribution in [0.15, 0.2) is 0 Å². The predicted molar refractivity (Wildman–Crippen MR) is 55.8 cm³/mol.